The van der Waals surface area contributed by atoms with Crippen molar-refractivity contribution >= 4 is 62.7 Å². The number of benzene rings is 6. The molecule has 1 aromatic heterocycles. The first-order chi connectivity index (χ1) is 23.9. The molecule has 0 bridgehead atoms. The molecule has 5 heteroatoms. The zero-order valence-electron chi connectivity index (χ0n) is 26.6. The van der Waals surface area contributed by atoms with Crippen LogP contribution < -0.4 is 0 Å². The average Bonchev–Trinajstić information content (AvgIpc) is 3.71. The summed E-state index contributed by atoms with van der Waals surface area (Å²) in [5.41, 5.74) is 11.2. The highest BCUT2D eigenvalue weighted by atomic mass is 35.5. The number of hydrogen-bond acceptors (Lipinski definition) is 1. The van der Waals surface area contributed by atoms with Crippen molar-refractivity contribution in [3.63, 3.8) is 0 Å². The second-order valence-corrected chi connectivity index (χ2v) is 12.9. The Morgan fingerprint density at radius 1 is 0.653 bits per heavy atom. The molecule has 0 N–H and O–H groups in total. The summed E-state index contributed by atoms with van der Waals surface area (Å²) in [6.07, 6.45) is 6.15. The van der Waals surface area contributed by atoms with Crippen LogP contribution in [0.25, 0.3) is 49.8 Å². The maximum absolute atomic E-state index is 6.79. The topological polar surface area (TPSA) is 13.1 Å². The highest BCUT2D eigenvalue weighted by Crippen LogP contribution is 2.55. The number of rotatable bonds is 5. The van der Waals surface area contributed by atoms with E-state index in [-0.39, 0.29) is 10.9 Å². The minimum Gasteiger partial charge on any atom is -0.455 e. The van der Waals surface area contributed by atoms with Crippen molar-refractivity contribution in [2.45, 2.75) is 11.8 Å². The monoisotopic (exact) mass is 638 g/mol. The molecule has 1 aliphatic carbocycles. The van der Waals surface area contributed by atoms with E-state index in [4.69, 9.17) is 46.0 Å². The van der Waals surface area contributed by atoms with E-state index in [2.05, 4.69) is 109 Å². The fourth-order valence-electron chi connectivity index (χ4n) is 7.39. The Bertz CT molecular complexity index is 2500. The largest absolute Gasteiger partial charge is 0.455 e. The summed E-state index contributed by atoms with van der Waals surface area (Å²) in [5, 5.41) is 2.79. The zero-order valence-corrected chi connectivity index (χ0v) is 27.3. The third-order valence-electron chi connectivity index (χ3n) is 9.85. The quantitative estimate of drug-likeness (QED) is 0.135. The smallest absolute Gasteiger partial charge is 0.143 e. The van der Waals surface area contributed by atoms with Crippen LogP contribution >= 0.6 is 11.6 Å². The first-order valence-corrected chi connectivity index (χ1v) is 16.4. The highest BCUT2D eigenvalue weighted by Gasteiger charge is 2.44. The molecule has 6 radical (unpaired) electrons. The second kappa shape index (κ2) is 12.3. The molecule has 224 valence electrons. The summed E-state index contributed by atoms with van der Waals surface area (Å²) in [6, 6.07) is 48.3. The molecule has 1 aliphatic rings. The Labute approximate surface area is 295 Å². The number of para-hydroxylation sites is 2. The fourth-order valence-corrected chi connectivity index (χ4v) is 7.56. The van der Waals surface area contributed by atoms with Crippen molar-refractivity contribution < 1.29 is 4.42 Å². The lowest BCUT2D eigenvalue weighted by Crippen LogP contribution is -2.26. The first kappa shape index (κ1) is 30.9. The van der Waals surface area contributed by atoms with Gasteiger partial charge in [0.15, 0.2) is 0 Å². The molecule has 0 spiro atoms. The molecule has 7 aromatic rings. The van der Waals surface area contributed by atoms with Crippen molar-refractivity contribution in [2.75, 3.05) is 0 Å². The van der Waals surface area contributed by atoms with Crippen LogP contribution in [0.15, 0.2) is 160 Å². The van der Waals surface area contributed by atoms with Crippen LogP contribution in [-0.4, -0.2) is 23.5 Å². The van der Waals surface area contributed by atoms with E-state index in [0.717, 1.165) is 72.0 Å². The number of allylic oxidation sites excluding steroid dienone is 4. The Hall–Kier alpha value is -5.36. The summed E-state index contributed by atoms with van der Waals surface area (Å²) in [5.74, 6) is 2.44. The maximum Gasteiger partial charge on any atom is 0.143 e. The van der Waals surface area contributed by atoms with Gasteiger partial charge in [-0.05, 0) is 69.1 Å². The van der Waals surface area contributed by atoms with Crippen molar-refractivity contribution in [2.24, 2.45) is 0 Å². The van der Waals surface area contributed by atoms with Gasteiger partial charge in [0, 0.05) is 26.8 Å². The predicted molar refractivity (Wildman–Crippen MR) is 207 cm³/mol. The highest BCUT2D eigenvalue weighted by molar-refractivity contribution is 6.43. The second-order valence-electron chi connectivity index (χ2n) is 12.4. The standard InChI is InChI=1S/C44H26B3ClO/c1-2-39(45)42(47)41(46)37-26-44(38-24-23-32(48)25-36(37)38,30-19-15-28(16-20-30)27-9-4-3-5-10-27)31-21-17-29(18-22-31)33-12-8-13-35-34-11-6-7-14-40(34)49-43(33)35/h1,3-25H,26H2/b41-37-,42-39-. The van der Waals surface area contributed by atoms with Gasteiger partial charge in [-0.15, -0.1) is 11.9 Å². The van der Waals surface area contributed by atoms with Crippen LogP contribution in [0.5, 0.6) is 0 Å². The molecule has 6 aromatic carbocycles. The van der Waals surface area contributed by atoms with Gasteiger partial charge < -0.3 is 4.42 Å². The number of terminal acetylenes is 1. The van der Waals surface area contributed by atoms with Crippen molar-refractivity contribution in [3.05, 3.63) is 183 Å². The van der Waals surface area contributed by atoms with Gasteiger partial charge in [0.2, 0.25) is 0 Å². The fraction of sp³-hybridized carbons (Fsp3) is 0.0455. The van der Waals surface area contributed by atoms with E-state index in [1.165, 1.54) is 0 Å². The van der Waals surface area contributed by atoms with Crippen LogP contribution in [0.3, 0.4) is 0 Å². The van der Waals surface area contributed by atoms with Crippen molar-refractivity contribution in [1.29, 1.82) is 0 Å². The van der Waals surface area contributed by atoms with Gasteiger partial charge >= 0.3 is 0 Å². The van der Waals surface area contributed by atoms with Crippen LogP contribution in [-0.2, 0) is 5.41 Å². The maximum atomic E-state index is 6.79. The zero-order chi connectivity index (χ0) is 33.7. The molecular weight excluding hydrogens is 612 g/mol. The third kappa shape index (κ3) is 5.09. The van der Waals surface area contributed by atoms with Crippen molar-refractivity contribution in [3.8, 4) is 34.6 Å². The Morgan fingerprint density at radius 2 is 1.29 bits per heavy atom. The van der Waals surface area contributed by atoms with Gasteiger partial charge in [0.05, 0.1) is 0 Å². The van der Waals surface area contributed by atoms with Gasteiger partial charge in [-0.3, -0.25) is 0 Å². The molecule has 1 nitrogen and oxygen atoms in total. The molecule has 0 aliphatic heterocycles. The lowest BCUT2D eigenvalue weighted by atomic mass is 9.66. The van der Waals surface area contributed by atoms with E-state index in [1.807, 2.05) is 36.4 Å². The number of hydrogen-bond donors (Lipinski definition) is 0. The van der Waals surface area contributed by atoms with Gasteiger partial charge in [-0.2, -0.15) is 0 Å². The lowest BCUT2D eigenvalue weighted by molar-refractivity contribution is 0.661. The summed E-state index contributed by atoms with van der Waals surface area (Å²) in [6.45, 7) is 0. The molecule has 49 heavy (non-hydrogen) atoms. The SMILES string of the molecule is [B]/C(C#C)=C([B])/C([B])=C1\CC(c2ccc(-c3ccccc3)cc2)(c2ccc(-c3cccc4c3oc3ccccc34)cc2)c2ccc(Cl)cc21. The molecule has 8 rings (SSSR count). The Kier molecular flexibility index (Phi) is 7.75. The van der Waals surface area contributed by atoms with Gasteiger partial charge in [0.25, 0.3) is 0 Å². The minimum atomic E-state index is -0.621. The van der Waals surface area contributed by atoms with Crippen LogP contribution in [0.2, 0.25) is 5.02 Å². The molecule has 1 atom stereocenters. The predicted octanol–water partition coefficient (Wildman–Crippen LogP) is 10.4. The van der Waals surface area contributed by atoms with Gasteiger partial charge in [-0.1, -0.05) is 150 Å². The van der Waals surface area contributed by atoms with E-state index < -0.39 is 5.41 Å². The Morgan fingerprint density at radius 3 is 2.00 bits per heavy atom. The molecule has 0 amide bonds. The molecular formula is C44H26B3ClO. The Balaban J connectivity index is 1.33. The first-order valence-electron chi connectivity index (χ1n) is 16.1. The van der Waals surface area contributed by atoms with E-state index >= 15 is 0 Å². The van der Waals surface area contributed by atoms with E-state index in [9.17, 15) is 0 Å². The minimum absolute atomic E-state index is 0.0995. The molecule has 1 unspecified atom stereocenters. The van der Waals surface area contributed by atoms with Crippen LogP contribution in [0.4, 0.5) is 0 Å². The normalized spacial score (nSPS) is 17.1. The van der Waals surface area contributed by atoms with E-state index in [1.54, 1.807) is 0 Å². The van der Waals surface area contributed by atoms with Crippen LogP contribution in [0, 0.1) is 12.3 Å². The molecule has 1 heterocycles. The summed E-state index contributed by atoms with van der Waals surface area (Å²) in [7, 11) is 19.3. The van der Waals surface area contributed by atoms with E-state index in [0.29, 0.717) is 16.9 Å². The van der Waals surface area contributed by atoms with Gasteiger partial charge in [-0.25, -0.2) is 0 Å². The average molecular weight is 639 g/mol. The third-order valence-corrected chi connectivity index (χ3v) is 10.1. The summed E-state index contributed by atoms with van der Waals surface area (Å²) < 4.78 is 6.38. The summed E-state index contributed by atoms with van der Waals surface area (Å²) in [4.78, 5) is 0. The van der Waals surface area contributed by atoms with Crippen LogP contribution in [0.1, 0.15) is 28.7 Å². The molecule has 0 fully saturated rings. The van der Waals surface area contributed by atoms with Crippen molar-refractivity contribution in [1.82, 2.24) is 0 Å². The van der Waals surface area contributed by atoms with Gasteiger partial charge in [0.1, 0.15) is 34.7 Å². The summed E-state index contributed by atoms with van der Waals surface area (Å²) >= 11 is 6.63. The lowest BCUT2D eigenvalue weighted by Gasteiger charge is -2.32. The number of furan rings is 1. The molecule has 0 saturated carbocycles. The number of fused-ring (bicyclic) bond motifs is 4. The molecule has 0 saturated heterocycles. The number of halogens is 1.